The molecule has 0 spiro atoms. The summed E-state index contributed by atoms with van der Waals surface area (Å²) in [6, 6.07) is 11.6. The van der Waals surface area contributed by atoms with Crippen LogP contribution in [0.5, 0.6) is 0 Å². The van der Waals surface area contributed by atoms with E-state index in [2.05, 4.69) is 0 Å². The average Bonchev–Trinajstić information content (AvgIpc) is 2.61. The first-order chi connectivity index (χ1) is 6.81. The molecule has 0 radical (unpaired) electrons. The molecule has 0 amide bonds. The first-order valence-corrected chi connectivity index (χ1v) is 4.42. The molecular formula is C12H10O2. The second-order valence-electron chi connectivity index (χ2n) is 3.12. The predicted octanol–water partition coefficient (Wildman–Crippen LogP) is 3.07. The number of rotatable bonds is 2. The van der Waals surface area contributed by atoms with Crippen LogP contribution in [0, 0.1) is 6.92 Å². The highest BCUT2D eigenvalue weighted by Gasteiger charge is 2.09. The highest BCUT2D eigenvalue weighted by atomic mass is 16.3. The van der Waals surface area contributed by atoms with Gasteiger partial charge < -0.3 is 4.42 Å². The molecule has 70 valence electrons. The van der Waals surface area contributed by atoms with Gasteiger partial charge in [-0.2, -0.15) is 0 Å². The number of hydrogen-bond donors (Lipinski definition) is 0. The second kappa shape index (κ2) is 3.50. The molecule has 0 saturated heterocycles. The first kappa shape index (κ1) is 8.75. The van der Waals surface area contributed by atoms with Crippen molar-refractivity contribution in [3.05, 3.63) is 47.9 Å². The molecule has 2 rings (SSSR count). The number of hydrogen-bond acceptors (Lipinski definition) is 2. The van der Waals surface area contributed by atoms with E-state index in [1.807, 2.05) is 43.3 Å². The van der Waals surface area contributed by atoms with Gasteiger partial charge in [-0.25, -0.2) is 0 Å². The number of benzene rings is 1. The Hall–Kier alpha value is -1.83. The standard InChI is InChI=1S/C12H10O2/c1-9-7-11(12(8-13)14-9)10-5-3-2-4-6-10/h2-8H,1H3. The number of aryl methyl sites for hydroxylation is 1. The quantitative estimate of drug-likeness (QED) is 0.674. The van der Waals surface area contributed by atoms with Crippen molar-refractivity contribution in [2.45, 2.75) is 6.92 Å². The van der Waals surface area contributed by atoms with Gasteiger partial charge in [-0.05, 0) is 18.6 Å². The number of furan rings is 1. The molecule has 0 bridgehead atoms. The maximum Gasteiger partial charge on any atom is 0.185 e. The van der Waals surface area contributed by atoms with Gasteiger partial charge in [-0.1, -0.05) is 30.3 Å². The second-order valence-corrected chi connectivity index (χ2v) is 3.12. The lowest BCUT2D eigenvalue weighted by atomic mass is 10.1. The third kappa shape index (κ3) is 1.46. The van der Waals surface area contributed by atoms with Crippen LogP contribution in [-0.2, 0) is 0 Å². The molecule has 1 heterocycles. The van der Waals surface area contributed by atoms with E-state index in [1.54, 1.807) is 0 Å². The van der Waals surface area contributed by atoms with Crippen LogP contribution >= 0.6 is 0 Å². The molecule has 1 aromatic carbocycles. The monoisotopic (exact) mass is 186 g/mol. The van der Waals surface area contributed by atoms with Crippen molar-refractivity contribution in [2.24, 2.45) is 0 Å². The lowest BCUT2D eigenvalue weighted by molar-refractivity contribution is 0.110. The number of aldehydes is 1. The van der Waals surface area contributed by atoms with Crippen molar-refractivity contribution in [3.63, 3.8) is 0 Å². The van der Waals surface area contributed by atoms with Crippen molar-refractivity contribution in [2.75, 3.05) is 0 Å². The Balaban J connectivity index is 2.56. The maximum atomic E-state index is 10.7. The summed E-state index contributed by atoms with van der Waals surface area (Å²) >= 11 is 0. The van der Waals surface area contributed by atoms with Crippen molar-refractivity contribution in [1.29, 1.82) is 0 Å². The zero-order valence-electron chi connectivity index (χ0n) is 7.86. The fourth-order valence-electron chi connectivity index (χ4n) is 1.46. The summed E-state index contributed by atoms with van der Waals surface area (Å²) in [6.07, 6.45) is 0.745. The zero-order valence-corrected chi connectivity index (χ0v) is 7.86. The van der Waals surface area contributed by atoms with Gasteiger partial charge in [0.25, 0.3) is 0 Å². The third-order valence-electron chi connectivity index (χ3n) is 2.08. The van der Waals surface area contributed by atoms with Crippen molar-refractivity contribution in [3.8, 4) is 11.1 Å². The van der Waals surface area contributed by atoms with Gasteiger partial charge >= 0.3 is 0 Å². The Bertz CT molecular complexity index is 441. The SMILES string of the molecule is Cc1cc(-c2ccccc2)c(C=O)o1. The zero-order chi connectivity index (χ0) is 9.97. The van der Waals surface area contributed by atoms with Crippen molar-refractivity contribution < 1.29 is 9.21 Å². The van der Waals surface area contributed by atoms with E-state index in [0.717, 1.165) is 23.2 Å². The van der Waals surface area contributed by atoms with E-state index >= 15 is 0 Å². The minimum absolute atomic E-state index is 0.397. The molecule has 2 nitrogen and oxygen atoms in total. The topological polar surface area (TPSA) is 30.2 Å². The maximum absolute atomic E-state index is 10.7. The van der Waals surface area contributed by atoms with Crippen LogP contribution in [0.25, 0.3) is 11.1 Å². The molecule has 1 aromatic heterocycles. The van der Waals surface area contributed by atoms with Gasteiger partial charge in [0.05, 0.1) is 0 Å². The van der Waals surface area contributed by atoms with E-state index in [4.69, 9.17) is 4.42 Å². The number of carbonyl (C=O) groups excluding carboxylic acids is 1. The summed E-state index contributed by atoms with van der Waals surface area (Å²) < 4.78 is 5.25. The summed E-state index contributed by atoms with van der Waals surface area (Å²) in [5, 5.41) is 0. The highest BCUT2D eigenvalue weighted by Crippen LogP contribution is 2.25. The Kier molecular flexibility index (Phi) is 2.19. The van der Waals surface area contributed by atoms with E-state index in [-0.39, 0.29) is 0 Å². The molecule has 0 aliphatic heterocycles. The van der Waals surface area contributed by atoms with E-state index in [1.165, 1.54) is 0 Å². The molecule has 0 atom stereocenters. The fraction of sp³-hybridized carbons (Fsp3) is 0.0833. The van der Waals surface area contributed by atoms with Gasteiger partial charge in [0.1, 0.15) is 5.76 Å². The third-order valence-corrected chi connectivity index (χ3v) is 2.08. The normalized spacial score (nSPS) is 10.1. The van der Waals surface area contributed by atoms with Crippen LogP contribution in [0.4, 0.5) is 0 Å². The van der Waals surface area contributed by atoms with E-state index in [0.29, 0.717) is 5.76 Å². The first-order valence-electron chi connectivity index (χ1n) is 4.42. The summed E-state index contributed by atoms with van der Waals surface area (Å²) in [6.45, 7) is 1.83. The average molecular weight is 186 g/mol. The van der Waals surface area contributed by atoms with E-state index < -0.39 is 0 Å². The summed E-state index contributed by atoms with van der Waals surface area (Å²) in [5.41, 5.74) is 1.87. The summed E-state index contributed by atoms with van der Waals surface area (Å²) in [5.74, 6) is 1.15. The van der Waals surface area contributed by atoms with Crippen LogP contribution in [0.1, 0.15) is 16.3 Å². The Morgan fingerprint density at radius 3 is 2.57 bits per heavy atom. The molecule has 0 N–H and O–H groups in total. The lowest BCUT2D eigenvalue weighted by Crippen LogP contribution is -1.79. The van der Waals surface area contributed by atoms with Gasteiger partial charge in [-0.3, -0.25) is 4.79 Å². The largest absolute Gasteiger partial charge is 0.458 e. The Morgan fingerprint density at radius 1 is 1.21 bits per heavy atom. The molecule has 0 unspecified atom stereocenters. The molecular weight excluding hydrogens is 176 g/mol. The molecule has 0 saturated carbocycles. The van der Waals surface area contributed by atoms with Gasteiger partial charge in [0.2, 0.25) is 0 Å². The van der Waals surface area contributed by atoms with Crippen molar-refractivity contribution >= 4 is 6.29 Å². The smallest absolute Gasteiger partial charge is 0.185 e. The van der Waals surface area contributed by atoms with Crippen LogP contribution < -0.4 is 0 Å². The predicted molar refractivity (Wildman–Crippen MR) is 54.3 cm³/mol. The fourth-order valence-corrected chi connectivity index (χ4v) is 1.46. The highest BCUT2D eigenvalue weighted by molar-refractivity contribution is 5.84. The van der Waals surface area contributed by atoms with Crippen LogP contribution in [0.3, 0.4) is 0 Å². The van der Waals surface area contributed by atoms with Gasteiger partial charge in [-0.15, -0.1) is 0 Å². The number of carbonyl (C=O) groups is 1. The van der Waals surface area contributed by atoms with Crippen LogP contribution in [0.15, 0.2) is 40.8 Å². The van der Waals surface area contributed by atoms with Crippen molar-refractivity contribution in [1.82, 2.24) is 0 Å². The molecule has 14 heavy (non-hydrogen) atoms. The van der Waals surface area contributed by atoms with E-state index in [9.17, 15) is 4.79 Å². The minimum Gasteiger partial charge on any atom is -0.458 e. The minimum atomic E-state index is 0.397. The summed E-state index contributed by atoms with van der Waals surface area (Å²) in [7, 11) is 0. The molecule has 0 aliphatic rings. The molecule has 2 heteroatoms. The molecule has 0 aliphatic carbocycles. The van der Waals surface area contributed by atoms with Crippen LogP contribution in [0.2, 0.25) is 0 Å². The lowest BCUT2D eigenvalue weighted by Gasteiger charge is -1.95. The van der Waals surface area contributed by atoms with Gasteiger partial charge in [0.15, 0.2) is 12.0 Å². The Morgan fingerprint density at radius 2 is 1.93 bits per heavy atom. The van der Waals surface area contributed by atoms with Crippen LogP contribution in [-0.4, -0.2) is 6.29 Å². The Labute approximate surface area is 82.2 Å². The van der Waals surface area contributed by atoms with Gasteiger partial charge in [0, 0.05) is 5.56 Å². The molecule has 2 aromatic rings. The summed E-state index contributed by atoms with van der Waals surface area (Å²) in [4.78, 5) is 10.7. The molecule has 0 fully saturated rings.